The summed E-state index contributed by atoms with van der Waals surface area (Å²) in [4.78, 5) is 13.1. The molecule has 0 aliphatic heterocycles. The van der Waals surface area contributed by atoms with Crippen molar-refractivity contribution < 1.29 is 14.3 Å². The van der Waals surface area contributed by atoms with Crippen molar-refractivity contribution in [3.63, 3.8) is 0 Å². The van der Waals surface area contributed by atoms with Crippen molar-refractivity contribution in [1.82, 2.24) is 10.6 Å². The number of benzene rings is 2. The third-order valence-electron chi connectivity index (χ3n) is 3.79. The van der Waals surface area contributed by atoms with E-state index in [1.807, 2.05) is 36.4 Å². The fraction of sp³-hybridized carbons (Fsp3) is 0.350. The zero-order valence-corrected chi connectivity index (χ0v) is 16.1. The van der Waals surface area contributed by atoms with Crippen LogP contribution >= 0.6 is 11.8 Å². The van der Waals surface area contributed by atoms with E-state index in [2.05, 4.69) is 22.8 Å². The number of ether oxygens (including phenoxy) is 2. The molecule has 0 spiro atoms. The Kier molecular flexibility index (Phi) is 8.69. The molecule has 0 aliphatic rings. The molecule has 140 valence electrons. The highest BCUT2D eigenvalue weighted by Gasteiger charge is 2.06. The average Bonchev–Trinajstić information content (AvgIpc) is 2.68. The maximum Gasteiger partial charge on any atom is 0.314 e. The summed E-state index contributed by atoms with van der Waals surface area (Å²) in [5, 5.41) is 5.76. The topological polar surface area (TPSA) is 59.6 Å². The molecule has 0 bridgehead atoms. The van der Waals surface area contributed by atoms with Crippen LogP contribution in [0.25, 0.3) is 0 Å². The van der Waals surface area contributed by atoms with Crippen LogP contribution in [0.4, 0.5) is 4.79 Å². The molecule has 0 heterocycles. The molecule has 2 aromatic carbocycles. The van der Waals surface area contributed by atoms with Gasteiger partial charge in [-0.2, -0.15) is 0 Å². The minimum atomic E-state index is -0.142. The second-order valence-corrected chi connectivity index (χ2v) is 6.79. The Hall–Kier alpha value is -2.34. The van der Waals surface area contributed by atoms with Crippen LogP contribution in [-0.2, 0) is 6.42 Å². The number of urea groups is 1. The summed E-state index contributed by atoms with van der Waals surface area (Å²) in [6.45, 7) is 1.20. The van der Waals surface area contributed by atoms with Crippen molar-refractivity contribution in [2.24, 2.45) is 0 Å². The molecule has 0 atom stereocenters. The van der Waals surface area contributed by atoms with E-state index in [0.29, 0.717) is 19.5 Å². The van der Waals surface area contributed by atoms with Gasteiger partial charge in [0.05, 0.1) is 14.2 Å². The molecule has 0 aliphatic carbocycles. The fourth-order valence-electron chi connectivity index (χ4n) is 2.43. The van der Waals surface area contributed by atoms with E-state index >= 15 is 0 Å². The second kappa shape index (κ2) is 11.3. The van der Waals surface area contributed by atoms with Crippen molar-refractivity contribution in [2.75, 3.05) is 33.1 Å². The first-order valence-corrected chi connectivity index (χ1v) is 9.62. The summed E-state index contributed by atoms with van der Waals surface area (Å²) in [7, 11) is 3.27. The number of thioether (sulfide) groups is 1. The molecule has 0 saturated carbocycles. The van der Waals surface area contributed by atoms with Crippen LogP contribution in [0.3, 0.4) is 0 Å². The van der Waals surface area contributed by atoms with Gasteiger partial charge in [-0.25, -0.2) is 4.79 Å². The highest BCUT2D eigenvalue weighted by atomic mass is 32.2. The predicted octanol–water partition coefficient (Wildman–Crippen LogP) is 3.73. The molecular formula is C20H26N2O3S. The monoisotopic (exact) mass is 374 g/mol. The number of hydrogen-bond donors (Lipinski definition) is 2. The average molecular weight is 375 g/mol. The zero-order valence-electron chi connectivity index (χ0n) is 15.3. The molecule has 6 heteroatoms. The SMILES string of the molecule is COc1ccc(OC)c(CCNC(=O)NCCCSc2ccccc2)c1. The number of rotatable bonds is 10. The van der Waals surface area contributed by atoms with Gasteiger partial charge in [-0.05, 0) is 54.5 Å². The molecule has 2 aromatic rings. The molecule has 2 rings (SSSR count). The highest BCUT2D eigenvalue weighted by molar-refractivity contribution is 7.99. The number of hydrogen-bond acceptors (Lipinski definition) is 4. The van der Waals surface area contributed by atoms with Gasteiger partial charge >= 0.3 is 6.03 Å². The van der Waals surface area contributed by atoms with Gasteiger partial charge in [-0.1, -0.05) is 18.2 Å². The first-order valence-electron chi connectivity index (χ1n) is 8.63. The minimum absolute atomic E-state index is 0.142. The van der Waals surface area contributed by atoms with Gasteiger partial charge in [0.25, 0.3) is 0 Å². The molecular weight excluding hydrogens is 348 g/mol. The molecule has 0 saturated heterocycles. The van der Waals surface area contributed by atoms with Gasteiger partial charge < -0.3 is 20.1 Å². The molecule has 2 amide bonds. The van der Waals surface area contributed by atoms with Crippen molar-refractivity contribution >= 4 is 17.8 Å². The Morgan fingerprint density at radius 1 is 1.00 bits per heavy atom. The van der Waals surface area contributed by atoms with Gasteiger partial charge in [0, 0.05) is 18.0 Å². The van der Waals surface area contributed by atoms with E-state index in [1.165, 1.54) is 4.90 Å². The second-order valence-electron chi connectivity index (χ2n) is 5.63. The molecule has 26 heavy (non-hydrogen) atoms. The Balaban J connectivity index is 1.61. The number of carbonyl (C=O) groups is 1. The maximum atomic E-state index is 11.9. The van der Waals surface area contributed by atoms with Crippen LogP contribution in [0.1, 0.15) is 12.0 Å². The third-order valence-corrected chi connectivity index (χ3v) is 4.88. The van der Waals surface area contributed by atoms with Crippen molar-refractivity contribution in [2.45, 2.75) is 17.7 Å². The predicted molar refractivity (Wildman–Crippen MR) is 106 cm³/mol. The van der Waals surface area contributed by atoms with Gasteiger partial charge in [0.2, 0.25) is 0 Å². The van der Waals surface area contributed by atoms with E-state index in [4.69, 9.17) is 9.47 Å². The van der Waals surface area contributed by atoms with Crippen LogP contribution in [0.5, 0.6) is 11.5 Å². The Labute approximate surface area is 159 Å². The maximum absolute atomic E-state index is 11.9. The molecule has 0 aromatic heterocycles. The number of nitrogens with one attached hydrogen (secondary N) is 2. The van der Waals surface area contributed by atoms with Crippen molar-refractivity contribution in [3.05, 3.63) is 54.1 Å². The van der Waals surface area contributed by atoms with Crippen molar-refractivity contribution in [1.29, 1.82) is 0 Å². The fourth-order valence-corrected chi connectivity index (χ4v) is 3.31. The molecule has 0 unspecified atom stereocenters. The summed E-state index contributed by atoms with van der Waals surface area (Å²) in [5.74, 6) is 2.55. The van der Waals surface area contributed by atoms with E-state index in [0.717, 1.165) is 29.2 Å². The van der Waals surface area contributed by atoms with E-state index in [-0.39, 0.29) is 6.03 Å². The Bertz CT molecular complexity index is 680. The van der Waals surface area contributed by atoms with Gasteiger partial charge in [0.15, 0.2) is 0 Å². The summed E-state index contributed by atoms with van der Waals surface area (Å²) >= 11 is 1.80. The lowest BCUT2D eigenvalue weighted by Crippen LogP contribution is -2.37. The summed E-state index contributed by atoms with van der Waals surface area (Å²) in [6.07, 6.45) is 1.61. The highest BCUT2D eigenvalue weighted by Crippen LogP contribution is 2.24. The Morgan fingerprint density at radius 3 is 2.50 bits per heavy atom. The number of carbonyl (C=O) groups excluding carboxylic acids is 1. The normalized spacial score (nSPS) is 10.2. The van der Waals surface area contributed by atoms with Crippen molar-refractivity contribution in [3.8, 4) is 11.5 Å². The summed E-state index contributed by atoms with van der Waals surface area (Å²) in [5.41, 5.74) is 1.01. The third kappa shape index (κ3) is 6.88. The van der Waals surface area contributed by atoms with Gasteiger partial charge in [0.1, 0.15) is 11.5 Å². The van der Waals surface area contributed by atoms with Crippen LogP contribution < -0.4 is 20.1 Å². The number of amides is 2. The molecule has 0 radical (unpaired) electrons. The first-order chi connectivity index (χ1) is 12.7. The first kappa shape index (κ1) is 20.0. The largest absolute Gasteiger partial charge is 0.497 e. The van der Waals surface area contributed by atoms with Crippen LogP contribution in [0, 0.1) is 0 Å². The van der Waals surface area contributed by atoms with E-state index < -0.39 is 0 Å². The number of methoxy groups -OCH3 is 2. The Morgan fingerprint density at radius 2 is 1.77 bits per heavy atom. The summed E-state index contributed by atoms with van der Waals surface area (Å²) in [6, 6.07) is 15.8. The zero-order chi connectivity index (χ0) is 18.6. The van der Waals surface area contributed by atoms with Crippen LogP contribution in [0.2, 0.25) is 0 Å². The lowest BCUT2D eigenvalue weighted by Gasteiger charge is -2.11. The minimum Gasteiger partial charge on any atom is -0.497 e. The van der Waals surface area contributed by atoms with Gasteiger partial charge in [-0.3, -0.25) is 0 Å². The van der Waals surface area contributed by atoms with E-state index in [1.54, 1.807) is 26.0 Å². The quantitative estimate of drug-likeness (QED) is 0.491. The standard InChI is InChI=1S/C20H26N2O3S/c1-24-17-9-10-19(25-2)16(15-17)11-13-22-20(23)21-12-6-14-26-18-7-4-3-5-8-18/h3-5,7-10,15H,6,11-14H2,1-2H3,(H2,21,22,23). The summed E-state index contributed by atoms with van der Waals surface area (Å²) < 4.78 is 10.6. The lowest BCUT2D eigenvalue weighted by molar-refractivity contribution is 0.241. The van der Waals surface area contributed by atoms with Gasteiger partial charge in [-0.15, -0.1) is 11.8 Å². The van der Waals surface area contributed by atoms with Crippen LogP contribution in [-0.4, -0.2) is 39.1 Å². The van der Waals surface area contributed by atoms with Crippen LogP contribution in [0.15, 0.2) is 53.4 Å². The smallest absolute Gasteiger partial charge is 0.314 e. The molecule has 2 N–H and O–H groups in total. The lowest BCUT2D eigenvalue weighted by atomic mass is 10.1. The molecule has 5 nitrogen and oxygen atoms in total. The van der Waals surface area contributed by atoms with E-state index in [9.17, 15) is 4.79 Å². The molecule has 0 fully saturated rings.